The van der Waals surface area contributed by atoms with E-state index in [4.69, 9.17) is 4.74 Å². The summed E-state index contributed by atoms with van der Waals surface area (Å²) in [5, 5.41) is 9.67. The minimum Gasteiger partial charge on any atom is -0.479 e. The standard InChI is InChI=1S/C13H21NO4/c1-9(15)14(10-4-5-10)13(11(16)17)6-7-18-12(2,3)8-13/h10H,4-8H2,1-3H3,(H,16,17). The van der Waals surface area contributed by atoms with Gasteiger partial charge in [-0.1, -0.05) is 0 Å². The molecule has 0 aromatic heterocycles. The number of rotatable bonds is 3. The van der Waals surface area contributed by atoms with Gasteiger partial charge in [0.2, 0.25) is 5.91 Å². The van der Waals surface area contributed by atoms with Gasteiger partial charge < -0.3 is 14.7 Å². The monoisotopic (exact) mass is 255 g/mol. The molecule has 5 heteroatoms. The second-order valence-electron chi connectivity index (χ2n) is 5.99. The first-order chi connectivity index (χ1) is 8.28. The number of hydrogen-bond acceptors (Lipinski definition) is 3. The summed E-state index contributed by atoms with van der Waals surface area (Å²) in [5.41, 5.74) is -1.59. The van der Waals surface area contributed by atoms with E-state index in [-0.39, 0.29) is 11.9 Å². The van der Waals surface area contributed by atoms with Crippen LogP contribution in [0.5, 0.6) is 0 Å². The third kappa shape index (κ3) is 2.23. The van der Waals surface area contributed by atoms with Gasteiger partial charge in [0, 0.05) is 25.8 Å². The van der Waals surface area contributed by atoms with Crippen LogP contribution in [0.3, 0.4) is 0 Å². The molecule has 102 valence electrons. The molecule has 1 saturated heterocycles. The lowest BCUT2D eigenvalue weighted by Crippen LogP contribution is -2.63. The van der Waals surface area contributed by atoms with Crippen LogP contribution < -0.4 is 0 Å². The molecule has 2 rings (SSSR count). The highest BCUT2D eigenvalue weighted by molar-refractivity contribution is 5.87. The minimum absolute atomic E-state index is 0.104. The maximum Gasteiger partial charge on any atom is 0.329 e. The van der Waals surface area contributed by atoms with E-state index in [1.165, 1.54) is 6.92 Å². The van der Waals surface area contributed by atoms with Crippen LogP contribution in [-0.4, -0.2) is 45.7 Å². The van der Waals surface area contributed by atoms with Gasteiger partial charge in [-0.2, -0.15) is 0 Å². The summed E-state index contributed by atoms with van der Waals surface area (Å²) in [6.45, 7) is 5.62. The fraction of sp³-hybridized carbons (Fsp3) is 0.846. The van der Waals surface area contributed by atoms with Crippen LogP contribution in [0.25, 0.3) is 0 Å². The van der Waals surface area contributed by atoms with E-state index in [1.54, 1.807) is 4.90 Å². The van der Waals surface area contributed by atoms with E-state index in [2.05, 4.69) is 0 Å². The average molecular weight is 255 g/mol. The molecule has 0 spiro atoms. The lowest BCUT2D eigenvalue weighted by molar-refractivity contribution is -0.178. The second kappa shape index (κ2) is 4.23. The van der Waals surface area contributed by atoms with Crippen LogP contribution in [0, 0.1) is 0 Å². The fourth-order valence-electron chi connectivity index (χ4n) is 3.07. The van der Waals surface area contributed by atoms with E-state index in [9.17, 15) is 14.7 Å². The lowest BCUT2D eigenvalue weighted by Gasteiger charge is -2.48. The van der Waals surface area contributed by atoms with Crippen LogP contribution in [0.2, 0.25) is 0 Å². The second-order valence-corrected chi connectivity index (χ2v) is 5.99. The van der Waals surface area contributed by atoms with Gasteiger partial charge in [-0.3, -0.25) is 4.79 Å². The number of carbonyl (C=O) groups is 2. The smallest absolute Gasteiger partial charge is 0.329 e. The third-order valence-electron chi connectivity index (χ3n) is 3.84. The molecular weight excluding hydrogens is 234 g/mol. The first kappa shape index (κ1) is 13.3. The zero-order valence-corrected chi connectivity index (χ0v) is 11.2. The first-order valence-electron chi connectivity index (χ1n) is 6.46. The Labute approximate surface area is 107 Å². The summed E-state index contributed by atoms with van der Waals surface area (Å²) >= 11 is 0. The number of ether oxygens (including phenoxy) is 1. The number of carboxylic acids is 1. The molecule has 0 bridgehead atoms. The van der Waals surface area contributed by atoms with Gasteiger partial charge in [0.25, 0.3) is 0 Å². The van der Waals surface area contributed by atoms with Crippen molar-refractivity contribution >= 4 is 11.9 Å². The normalized spacial score (nSPS) is 30.8. The number of carbonyl (C=O) groups excluding carboxylic acids is 1. The van der Waals surface area contributed by atoms with E-state index in [1.807, 2.05) is 13.8 Å². The molecular formula is C13H21NO4. The van der Waals surface area contributed by atoms with Crippen LogP contribution in [0.1, 0.15) is 46.5 Å². The average Bonchev–Trinajstić information content (AvgIpc) is 2.99. The van der Waals surface area contributed by atoms with Crippen molar-refractivity contribution in [3.05, 3.63) is 0 Å². The molecule has 0 aromatic carbocycles. The van der Waals surface area contributed by atoms with Crippen molar-refractivity contribution in [3.63, 3.8) is 0 Å². The Morgan fingerprint density at radius 3 is 2.33 bits per heavy atom. The van der Waals surface area contributed by atoms with Crippen molar-refractivity contribution in [2.45, 2.75) is 63.6 Å². The van der Waals surface area contributed by atoms with Crippen molar-refractivity contribution in [2.75, 3.05) is 6.61 Å². The largest absolute Gasteiger partial charge is 0.479 e. The summed E-state index contributed by atoms with van der Waals surface area (Å²) < 4.78 is 5.60. The van der Waals surface area contributed by atoms with Gasteiger partial charge >= 0.3 is 5.97 Å². The van der Waals surface area contributed by atoms with Crippen LogP contribution in [0.4, 0.5) is 0 Å². The van der Waals surface area contributed by atoms with E-state index in [0.29, 0.717) is 19.4 Å². The van der Waals surface area contributed by atoms with Gasteiger partial charge in [-0.15, -0.1) is 0 Å². The SMILES string of the molecule is CC(=O)N(C1CC1)C1(C(=O)O)CCOC(C)(C)C1. The predicted molar refractivity (Wildman–Crippen MR) is 65.2 cm³/mol. The fourth-order valence-corrected chi connectivity index (χ4v) is 3.07. The van der Waals surface area contributed by atoms with Crippen molar-refractivity contribution in [1.29, 1.82) is 0 Å². The summed E-state index contributed by atoms with van der Waals surface area (Å²) in [4.78, 5) is 25.3. The number of amides is 1. The summed E-state index contributed by atoms with van der Waals surface area (Å²) in [6.07, 6.45) is 2.55. The third-order valence-corrected chi connectivity index (χ3v) is 3.84. The molecule has 1 atom stereocenters. The highest BCUT2D eigenvalue weighted by Gasteiger charge is 2.55. The molecule has 1 unspecified atom stereocenters. The molecule has 1 aliphatic heterocycles. The lowest BCUT2D eigenvalue weighted by atomic mass is 9.79. The Morgan fingerprint density at radius 1 is 1.33 bits per heavy atom. The molecule has 2 fully saturated rings. The Bertz CT molecular complexity index is 375. The molecule has 1 N–H and O–H groups in total. The molecule has 1 aliphatic carbocycles. The Hall–Kier alpha value is -1.10. The highest BCUT2D eigenvalue weighted by Crippen LogP contribution is 2.42. The zero-order chi connectivity index (χ0) is 13.6. The van der Waals surface area contributed by atoms with E-state index < -0.39 is 17.1 Å². The van der Waals surface area contributed by atoms with Crippen molar-refractivity contribution in [1.82, 2.24) is 4.90 Å². The Kier molecular flexibility index (Phi) is 3.13. The molecule has 18 heavy (non-hydrogen) atoms. The number of aliphatic carboxylic acids is 1. The number of nitrogens with zero attached hydrogens (tertiary/aromatic N) is 1. The molecule has 0 aromatic rings. The maximum atomic E-state index is 11.9. The molecule has 5 nitrogen and oxygen atoms in total. The molecule has 1 saturated carbocycles. The van der Waals surface area contributed by atoms with Crippen molar-refractivity contribution in [3.8, 4) is 0 Å². The molecule has 0 radical (unpaired) electrons. The van der Waals surface area contributed by atoms with Gasteiger partial charge in [0.1, 0.15) is 5.54 Å². The molecule has 1 amide bonds. The summed E-state index contributed by atoms with van der Waals surface area (Å²) in [7, 11) is 0. The van der Waals surface area contributed by atoms with Crippen molar-refractivity contribution in [2.24, 2.45) is 0 Å². The Balaban J connectivity index is 2.36. The quantitative estimate of drug-likeness (QED) is 0.828. The van der Waals surface area contributed by atoms with Gasteiger partial charge in [-0.05, 0) is 26.7 Å². The molecule has 1 heterocycles. The van der Waals surface area contributed by atoms with Crippen LogP contribution in [0.15, 0.2) is 0 Å². The van der Waals surface area contributed by atoms with Crippen molar-refractivity contribution < 1.29 is 19.4 Å². The summed E-state index contributed by atoms with van der Waals surface area (Å²) in [6, 6.07) is 0.104. The maximum absolute atomic E-state index is 11.9. The van der Waals surface area contributed by atoms with Crippen LogP contribution in [-0.2, 0) is 14.3 Å². The topological polar surface area (TPSA) is 66.8 Å². The van der Waals surface area contributed by atoms with E-state index >= 15 is 0 Å². The summed E-state index contributed by atoms with van der Waals surface area (Å²) in [5.74, 6) is -1.04. The zero-order valence-electron chi connectivity index (χ0n) is 11.2. The van der Waals surface area contributed by atoms with Gasteiger partial charge in [0.05, 0.1) is 12.2 Å². The van der Waals surface area contributed by atoms with Gasteiger partial charge in [-0.25, -0.2) is 4.79 Å². The van der Waals surface area contributed by atoms with Gasteiger partial charge in [0.15, 0.2) is 0 Å². The minimum atomic E-state index is -1.09. The van der Waals surface area contributed by atoms with Crippen LogP contribution >= 0.6 is 0 Å². The number of carboxylic acid groups (broad SMARTS) is 1. The predicted octanol–water partition coefficient (Wildman–Crippen LogP) is 1.41. The van der Waals surface area contributed by atoms with E-state index in [0.717, 1.165) is 12.8 Å². The first-order valence-corrected chi connectivity index (χ1v) is 6.46. The Morgan fingerprint density at radius 2 is 1.94 bits per heavy atom. The number of hydrogen-bond donors (Lipinski definition) is 1. The highest BCUT2D eigenvalue weighted by atomic mass is 16.5. The molecule has 2 aliphatic rings.